The van der Waals surface area contributed by atoms with E-state index in [9.17, 15) is 18.0 Å². The lowest BCUT2D eigenvalue weighted by Gasteiger charge is -2.28. The van der Waals surface area contributed by atoms with Gasteiger partial charge in [0.25, 0.3) is 11.9 Å². The fourth-order valence-corrected chi connectivity index (χ4v) is 4.20. The summed E-state index contributed by atoms with van der Waals surface area (Å²) in [5, 5.41) is 13.4. The minimum Gasteiger partial charge on any atom is -0.406 e. The van der Waals surface area contributed by atoms with Crippen LogP contribution in [0.1, 0.15) is 75.0 Å². The lowest BCUT2D eigenvalue weighted by Crippen LogP contribution is -2.29. The van der Waals surface area contributed by atoms with Crippen molar-refractivity contribution >= 4 is 11.9 Å². The van der Waals surface area contributed by atoms with E-state index in [0.29, 0.717) is 29.3 Å². The van der Waals surface area contributed by atoms with Crippen molar-refractivity contribution < 1.29 is 22.7 Å². The number of amides is 1. The van der Waals surface area contributed by atoms with Crippen LogP contribution in [0.4, 0.5) is 13.2 Å². The van der Waals surface area contributed by atoms with Gasteiger partial charge in [0, 0.05) is 16.8 Å². The number of nitrogens with zero attached hydrogens (tertiary/aromatic N) is 4. The Morgan fingerprint density at radius 2 is 1.71 bits per heavy atom. The standard InChI is InChI=1S/C29H36F3N7O2/c1-18(6-7-19(2)28(3,4)5)25-16-24(21-12-14-23(15-13-21)41-29(30,31)32)38-39(25)17-20-8-10-22(11-9-20)26(40)35-27(36-33)37-34/h8-16,18-19,33H,6-7,17,34H2,1-5H3,(H,35,37,40). The maximum Gasteiger partial charge on any atom is 0.573 e. The van der Waals surface area contributed by atoms with Gasteiger partial charge in [-0.3, -0.25) is 14.8 Å². The Labute approximate surface area is 237 Å². The van der Waals surface area contributed by atoms with Crippen molar-refractivity contribution in [3.8, 4) is 17.0 Å². The zero-order chi connectivity index (χ0) is 30.4. The van der Waals surface area contributed by atoms with Crippen LogP contribution in [0, 0.1) is 16.9 Å². The van der Waals surface area contributed by atoms with Gasteiger partial charge in [-0.15, -0.1) is 23.4 Å². The molecule has 0 radical (unpaired) electrons. The Hall–Kier alpha value is -4.22. The molecule has 0 aliphatic rings. The third-order valence-electron chi connectivity index (χ3n) is 7.21. The number of nitrogens with two attached hydrogens (primary N) is 1. The minimum absolute atomic E-state index is 0.168. The van der Waals surface area contributed by atoms with E-state index >= 15 is 0 Å². The highest BCUT2D eigenvalue weighted by molar-refractivity contribution is 6.05. The van der Waals surface area contributed by atoms with Gasteiger partial charge in [0.2, 0.25) is 0 Å². The number of rotatable bonds is 9. The van der Waals surface area contributed by atoms with Crippen molar-refractivity contribution in [2.45, 2.75) is 66.3 Å². The van der Waals surface area contributed by atoms with Crippen molar-refractivity contribution in [3.05, 3.63) is 71.4 Å². The van der Waals surface area contributed by atoms with Gasteiger partial charge in [0.15, 0.2) is 0 Å². The molecule has 3 aromatic rings. The third-order valence-corrected chi connectivity index (χ3v) is 7.21. The fraction of sp³-hybridized carbons (Fsp3) is 0.414. The average Bonchev–Trinajstić information content (AvgIpc) is 3.33. The van der Waals surface area contributed by atoms with Gasteiger partial charge >= 0.3 is 6.36 Å². The molecule has 220 valence electrons. The number of hydrazone groups is 1. The molecule has 0 aliphatic heterocycles. The van der Waals surface area contributed by atoms with E-state index in [1.807, 2.05) is 10.7 Å². The van der Waals surface area contributed by atoms with Gasteiger partial charge in [0.1, 0.15) is 5.75 Å². The maximum atomic E-state index is 12.6. The first-order valence-electron chi connectivity index (χ1n) is 13.2. The molecule has 1 amide bonds. The monoisotopic (exact) mass is 571 g/mol. The predicted octanol–water partition coefficient (Wildman–Crippen LogP) is 7.05. The molecule has 1 heterocycles. The predicted molar refractivity (Wildman–Crippen MR) is 150 cm³/mol. The molecule has 2 atom stereocenters. The second kappa shape index (κ2) is 13.0. The lowest BCUT2D eigenvalue weighted by atomic mass is 9.78. The minimum atomic E-state index is -4.76. The molecule has 2 unspecified atom stereocenters. The molecule has 1 aromatic heterocycles. The summed E-state index contributed by atoms with van der Waals surface area (Å²) in [6, 6.07) is 14.5. The number of carbonyl (C=O) groups is 1. The summed E-state index contributed by atoms with van der Waals surface area (Å²) in [4.78, 5) is 12.4. The molecule has 9 nitrogen and oxygen atoms in total. The number of benzene rings is 2. The summed E-state index contributed by atoms with van der Waals surface area (Å²) < 4.78 is 43.7. The average molecular weight is 572 g/mol. The molecule has 3 rings (SSSR count). The molecule has 0 saturated carbocycles. The van der Waals surface area contributed by atoms with E-state index in [1.54, 1.807) is 36.4 Å². The zero-order valence-corrected chi connectivity index (χ0v) is 23.8. The second-order valence-corrected chi connectivity index (χ2v) is 11.1. The zero-order valence-electron chi connectivity index (χ0n) is 23.8. The van der Waals surface area contributed by atoms with Crippen LogP contribution in [0.25, 0.3) is 11.3 Å². The Bertz CT molecular complexity index is 1360. The van der Waals surface area contributed by atoms with E-state index in [1.165, 1.54) is 12.1 Å². The first-order chi connectivity index (χ1) is 19.2. The van der Waals surface area contributed by atoms with Crippen molar-refractivity contribution in [1.29, 1.82) is 5.53 Å². The van der Waals surface area contributed by atoms with Crippen LogP contribution in [0.2, 0.25) is 0 Å². The van der Waals surface area contributed by atoms with Crippen LogP contribution in [0.15, 0.2) is 64.8 Å². The van der Waals surface area contributed by atoms with Crippen LogP contribution < -0.4 is 15.9 Å². The molecular formula is C29H36F3N7O2. The molecule has 12 heteroatoms. The largest absolute Gasteiger partial charge is 0.573 e. The number of ether oxygens (including phenoxy) is 1. The number of carbonyl (C=O) groups excluding carboxylic acids is 1. The van der Waals surface area contributed by atoms with E-state index in [0.717, 1.165) is 24.1 Å². The Morgan fingerprint density at radius 3 is 2.24 bits per heavy atom. The summed E-state index contributed by atoms with van der Waals surface area (Å²) in [6.45, 7) is 11.5. The van der Waals surface area contributed by atoms with E-state index < -0.39 is 12.3 Å². The highest BCUT2D eigenvalue weighted by Crippen LogP contribution is 2.34. The van der Waals surface area contributed by atoms with E-state index in [2.05, 4.69) is 54.9 Å². The van der Waals surface area contributed by atoms with Gasteiger partial charge < -0.3 is 10.6 Å². The Kier molecular flexibility index (Phi) is 9.90. The normalized spacial score (nSPS) is 13.9. The van der Waals surface area contributed by atoms with Crippen LogP contribution in [0.3, 0.4) is 0 Å². The smallest absolute Gasteiger partial charge is 0.406 e. The van der Waals surface area contributed by atoms with Crippen LogP contribution in [-0.2, 0) is 6.54 Å². The summed E-state index contributed by atoms with van der Waals surface area (Å²) in [5.41, 5.74) is 10.7. The molecule has 2 aromatic carbocycles. The number of alkyl halides is 3. The quantitative estimate of drug-likeness (QED) is 0.0835. The molecule has 0 aliphatic carbocycles. The number of hydrogen-bond acceptors (Lipinski definition) is 6. The molecule has 41 heavy (non-hydrogen) atoms. The highest BCUT2D eigenvalue weighted by Gasteiger charge is 2.31. The number of hydrogen-bond donors (Lipinski definition) is 3. The Morgan fingerprint density at radius 1 is 1.07 bits per heavy atom. The molecule has 4 N–H and O–H groups in total. The molecule has 0 fully saturated rings. The number of guanidine groups is 1. The van der Waals surface area contributed by atoms with Crippen LogP contribution in [-0.4, -0.2) is 28.0 Å². The number of aromatic nitrogens is 2. The van der Waals surface area contributed by atoms with Crippen LogP contribution in [0.5, 0.6) is 5.75 Å². The van der Waals surface area contributed by atoms with E-state index in [4.69, 9.17) is 16.5 Å². The van der Waals surface area contributed by atoms with Crippen molar-refractivity contribution in [1.82, 2.24) is 15.1 Å². The fourth-order valence-electron chi connectivity index (χ4n) is 4.20. The second-order valence-electron chi connectivity index (χ2n) is 11.1. The maximum absolute atomic E-state index is 12.6. The highest BCUT2D eigenvalue weighted by atomic mass is 19.4. The van der Waals surface area contributed by atoms with Crippen molar-refractivity contribution in [2.75, 3.05) is 0 Å². The van der Waals surface area contributed by atoms with Crippen molar-refractivity contribution in [3.63, 3.8) is 0 Å². The first-order valence-corrected chi connectivity index (χ1v) is 13.2. The van der Waals surface area contributed by atoms with Gasteiger partial charge in [-0.2, -0.15) is 5.10 Å². The molecular weight excluding hydrogens is 535 g/mol. The third kappa shape index (κ3) is 8.89. The van der Waals surface area contributed by atoms with Gasteiger partial charge in [-0.1, -0.05) is 46.8 Å². The summed E-state index contributed by atoms with van der Waals surface area (Å²) in [7, 11) is 0. The Balaban J connectivity index is 1.87. The summed E-state index contributed by atoms with van der Waals surface area (Å²) in [6.07, 6.45) is -2.80. The van der Waals surface area contributed by atoms with Gasteiger partial charge in [-0.05, 0) is 78.1 Å². The summed E-state index contributed by atoms with van der Waals surface area (Å²) >= 11 is 0. The van der Waals surface area contributed by atoms with E-state index in [-0.39, 0.29) is 23.0 Å². The first kappa shape index (κ1) is 31.3. The summed E-state index contributed by atoms with van der Waals surface area (Å²) in [5.74, 6) is 4.67. The van der Waals surface area contributed by atoms with Crippen LogP contribution >= 0.6 is 0 Å². The molecule has 0 saturated heterocycles. The van der Waals surface area contributed by atoms with Crippen molar-refractivity contribution in [2.24, 2.45) is 27.4 Å². The lowest BCUT2D eigenvalue weighted by molar-refractivity contribution is -0.274. The SMILES string of the molecule is CC(CCC(C)C(C)(C)C)c1cc(-c2ccc(OC(F)(F)F)cc2)nn1Cc1ccc(C(=O)N/C(N=N)=N/N)cc1. The number of halogens is 3. The molecule has 0 spiro atoms. The topological polar surface area (TPSA) is 131 Å². The van der Waals surface area contributed by atoms with Gasteiger partial charge in [0.05, 0.1) is 12.2 Å². The van der Waals surface area contributed by atoms with Gasteiger partial charge in [-0.25, -0.2) is 5.53 Å². The molecule has 0 bridgehead atoms. The number of nitrogens with one attached hydrogen (secondary N) is 2.